The van der Waals surface area contributed by atoms with Crippen molar-refractivity contribution in [3.8, 4) is 0 Å². The van der Waals surface area contributed by atoms with Gasteiger partial charge in [-0.3, -0.25) is 9.69 Å². The summed E-state index contributed by atoms with van der Waals surface area (Å²) in [5.41, 5.74) is 2.36. The maximum atomic E-state index is 13.0. The van der Waals surface area contributed by atoms with Gasteiger partial charge in [0.25, 0.3) is 0 Å². The number of morpholine rings is 1. The maximum absolute atomic E-state index is 13.0. The van der Waals surface area contributed by atoms with Crippen molar-refractivity contribution < 1.29 is 9.53 Å². The van der Waals surface area contributed by atoms with Crippen LogP contribution < -0.4 is 0 Å². The van der Waals surface area contributed by atoms with Gasteiger partial charge in [-0.05, 0) is 32.4 Å². The molecule has 1 aromatic heterocycles. The molecule has 1 atom stereocenters. The van der Waals surface area contributed by atoms with Gasteiger partial charge in [0.15, 0.2) is 0 Å². The zero-order chi connectivity index (χ0) is 18.9. The molecule has 2 saturated heterocycles. The van der Waals surface area contributed by atoms with Gasteiger partial charge >= 0.3 is 0 Å². The van der Waals surface area contributed by atoms with Gasteiger partial charge in [-0.1, -0.05) is 30.3 Å². The van der Waals surface area contributed by atoms with Crippen LogP contribution in [0, 0.1) is 6.92 Å². The standard InChI is InChI=1S/C21H27N3O2S/c1-16-22-19(15-27-16)21(17-6-4-3-5-7-17)8-10-24(11-9-21)20(25)18-14-26-13-12-23(18)2/h3-7,15,18H,8-14H2,1-2H3/t18-/m1/s1. The molecule has 0 saturated carbocycles. The predicted molar refractivity (Wildman–Crippen MR) is 107 cm³/mol. The lowest BCUT2D eigenvalue weighted by Crippen LogP contribution is -2.56. The van der Waals surface area contributed by atoms with E-state index in [9.17, 15) is 4.79 Å². The van der Waals surface area contributed by atoms with E-state index in [0.29, 0.717) is 13.2 Å². The first-order chi connectivity index (χ1) is 13.1. The van der Waals surface area contributed by atoms with Crippen LogP contribution in [0.25, 0.3) is 0 Å². The van der Waals surface area contributed by atoms with E-state index in [1.54, 1.807) is 11.3 Å². The molecule has 144 valence electrons. The minimum atomic E-state index is -0.149. The summed E-state index contributed by atoms with van der Waals surface area (Å²) < 4.78 is 5.55. The molecule has 0 spiro atoms. The molecule has 2 aromatic rings. The monoisotopic (exact) mass is 385 g/mol. The summed E-state index contributed by atoms with van der Waals surface area (Å²) in [5.74, 6) is 0.202. The number of thiazole rings is 1. The Labute approximate surface area is 165 Å². The average Bonchev–Trinajstić information content (AvgIpc) is 3.15. The number of amides is 1. The zero-order valence-corrected chi connectivity index (χ0v) is 16.9. The number of aromatic nitrogens is 1. The number of ether oxygens (including phenoxy) is 1. The molecule has 1 amide bonds. The molecule has 3 heterocycles. The summed E-state index contributed by atoms with van der Waals surface area (Å²) in [5, 5.41) is 3.29. The molecule has 0 radical (unpaired) electrons. The van der Waals surface area contributed by atoms with E-state index >= 15 is 0 Å². The van der Waals surface area contributed by atoms with Crippen molar-refractivity contribution in [3.63, 3.8) is 0 Å². The van der Waals surface area contributed by atoms with Crippen LogP contribution in [-0.4, -0.2) is 66.6 Å². The summed E-state index contributed by atoms with van der Waals surface area (Å²) in [4.78, 5) is 22.0. The summed E-state index contributed by atoms with van der Waals surface area (Å²) in [7, 11) is 2.02. The van der Waals surface area contributed by atoms with Crippen LogP contribution in [-0.2, 0) is 14.9 Å². The van der Waals surface area contributed by atoms with Crippen molar-refractivity contribution in [1.82, 2.24) is 14.8 Å². The van der Waals surface area contributed by atoms with Gasteiger partial charge in [0, 0.05) is 30.4 Å². The fourth-order valence-electron chi connectivity index (χ4n) is 4.30. The topological polar surface area (TPSA) is 45.7 Å². The Morgan fingerprint density at radius 3 is 2.59 bits per heavy atom. The lowest BCUT2D eigenvalue weighted by atomic mass is 9.70. The number of likely N-dealkylation sites (N-methyl/N-ethyl adjacent to an activating group) is 1. The predicted octanol–water partition coefficient (Wildman–Crippen LogP) is 2.69. The number of hydrogen-bond acceptors (Lipinski definition) is 5. The fourth-order valence-corrected chi connectivity index (χ4v) is 5.01. The first kappa shape index (κ1) is 18.6. The number of aryl methyl sites for hydroxylation is 1. The second-order valence-electron chi connectivity index (χ2n) is 7.60. The summed E-state index contributed by atoms with van der Waals surface area (Å²) >= 11 is 1.71. The van der Waals surface area contributed by atoms with Gasteiger partial charge in [-0.15, -0.1) is 11.3 Å². The van der Waals surface area contributed by atoms with Crippen molar-refractivity contribution in [2.45, 2.75) is 31.2 Å². The number of benzene rings is 1. The SMILES string of the molecule is Cc1nc(C2(c3ccccc3)CCN(C(=O)[C@H]3COCCN3C)CC2)cs1. The highest BCUT2D eigenvalue weighted by Crippen LogP contribution is 2.42. The van der Waals surface area contributed by atoms with Crippen molar-refractivity contribution in [2.24, 2.45) is 0 Å². The Morgan fingerprint density at radius 1 is 1.22 bits per heavy atom. The van der Waals surface area contributed by atoms with Gasteiger partial charge in [0.1, 0.15) is 6.04 Å². The van der Waals surface area contributed by atoms with E-state index in [4.69, 9.17) is 9.72 Å². The fraction of sp³-hybridized carbons (Fsp3) is 0.524. The normalized spacial score (nSPS) is 23.3. The third kappa shape index (κ3) is 3.53. The second-order valence-corrected chi connectivity index (χ2v) is 8.66. The molecular weight excluding hydrogens is 358 g/mol. The third-order valence-corrected chi connectivity index (χ3v) is 6.82. The number of likely N-dealkylation sites (tertiary alicyclic amines) is 1. The Balaban J connectivity index is 1.56. The largest absolute Gasteiger partial charge is 0.378 e. The zero-order valence-electron chi connectivity index (χ0n) is 16.1. The molecule has 0 N–H and O–H groups in total. The van der Waals surface area contributed by atoms with Gasteiger partial charge in [0.2, 0.25) is 5.91 Å². The van der Waals surface area contributed by atoms with Crippen LogP contribution in [0.3, 0.4) is 0 Å². The molecule has 5 nitrogen and oxygen atoms in total. The van der Waals surface area contributed by atoms with E-state index in [-0.39, 0.29) is 17.4 Å². The number of hydrogen-bond donors (Lipinski definition) is 0. The van der Waals surface area contributed by atoms with Crippen LogP contribution in [0.2, 0.25) is 0 Å². The van der Waals surface area contributed by atoms with E-state index in [1.165, 1.54) is 5.56 Å². The lowest BCUT2D eigenvalue weighted by Gasteiger charge is -2.43. The van der Waals surface area contributed by atoms with E-state index < -0.39 is 0 Å². The quantitative estimate of drug-likeness (QED) is 0.815. The summed E-state index contributed by atoms with van der Waals surface area (Å²) in [6, 6.07) is 10.5. The summed E-state index contributed by atoms with van der Waals surface area (Å²) in [6.07, 6.45) is 1.81. The number of carbonyl (C=O) groups excluding carboxylic acids is 1. The maximum Gasteiger partial charge on any atom is 0.242 e. The van der Waals surface area contributed by atoms with Crippen molar-refractivity contribution in [3.05, 3.63) is 52.0 Å². The number of rotatable bonds is 3. The minimum Gasteiger partial charge on any atom is -0.378 e. The van der Waals surface area contributed by atoms with Crippen molar-refractivity contribution >= 4 is 17.2 Å². The van der Waals surface area contributed by atoms with E-state index in [2.05, 4.69) is 47.5 Å². The molecule has 2 aliphatic rings. The lowest BCUT2D eigenvalue weighted by molar-refractivity contribution is -0.143. The smallest absolute Gasteiger partial charge is 0.242 e. The first-order valence-electron chi connectivity index (χ1n) is 9.65. The second kappa shape index (κ2) is 7.70. The molecule has 27 heavy (non-hydrogen) atoms. The number of nitrogens with zero attached hydrogens (tertiary/aromatic N) is 3. The van der Waals surface area contributed by atoms with Crippen LogP contribution in [0.15, 0.2) is 35.7 Å². The number of carbonyl (C=O) groups is 1. The Kier molecular flexibility index (Phi) is 5.30. The van der Waals surface area contributed by atoms with Gasteiger partial charge in [0.05, 0.1) is 23.9 Å². The van der Waals surface area contributed by atoms with Crippen LogP contribution in [0.1, 0.15) is 29.1 Å². The third-order valence-electron chi connectivity index (χ3n) is 6.05. The minimum absolute atomic E-state index is 0.0994. The Hall–Kier alpha value is -1.76. The first-order valence-corrected chi connectivity index (χ1v) is 10.5. The van der Waals surface area contributed by atoms with E-state index in [0.717, 1.165) is 43.2 Å². The highest BCUT2D eigenvalue weighted by atomic mass is 32.1. The van der Waals surface area contributed by atoms with Crippen molar-refractivity contribution in [1.29, 1.82) is 0 Å². The van der Waals surface area contributed by atoms with Crippen molar-refractivity contribution in [2.75, 3.05) is 39.9 Å². The molecule has 2 aliphatic heterocycles. The molecule has 6 heteroatoms. The average molecular weight is 386 g/mol. The van der Waals surface area contributed by atoms with Crippen LogP contribution in [0.5, 0.6) is 0 Å². The molecule has 2 fully saturated rings. The summed E-state index contributed by atoms with van der Waals surface area (Å²) in [6.45, 7) is 5.60. The highest BCUT2D eigenvalue weighted by Gasteiger charge is 2.42. The molecular formula is C21H27N3O2S. The molecule has 0 bridgehead atoms. The van der Waals surface area contributed by atoms with Gasteiger partial charge in [-0.25, -0.2) is 4.98 Å². The Morgan fingerprint density at radius 2 is 1.96 bits per heavy atom. The van der Waals surface area contributed by atoms with Crippen LogP contribution in [0.4, 0.5) is 0 Å². The molecule has 1 aromatic carbocycles. The van der Waals surface area contributed by atoms with Crippen LogP contribution >= 0.6 is 11.3 Å². The Bertz CT molecular complexity index is 784. The number of piperidine rings is 1. The van der Waals surface area contributed by atoms with E-state index in [1.807, 2.05) is 11.9 Å². The molecule has 4 rings (SSSR count). The van der Waals surface area contributed by atoms with Gasteiger partial charge in [-0.2, -0.15) is 0 Å². The molecule has 0 aliphatic carbocycles. The molecule has 0 unspecified atom stereocenters. The highest BCUT2D eigenvalue weighted by molar-refractivity contribution is 7.09. The van der Waals surface area contributed by atoms with Gasteiger partial charge < -0.3 is 9.64 Å².